The maximum absolute atomic E-state index is 10.9. The maximum Gasteiger partial charge on any atom is 0.341 e. The minimum atomic E-state index is -1.08. The van der Waals surface area contributed by atoms with Crippen LogP contribution < -0.4 is 9.47 Å². The van der Waals surface area contributed by atoms with Crippen LogP contribution in [0.2, 0.25) is 10.0 Å². The number of aromatic nitrogens is 3. The van der Waals surface area contributed by atoms with Gasteiger partial charge in [-0.15, -0.1) is 0 Å². The van der Waals surface area contributed by atoms with Crippen molar-refractivity contribution in [3.8, 4) is 28.6 Å². The second-order valence-corrected chi connectivity index (χ2v) is 7.88. The molecular weight excluding hydrogens is 453 g/mol. The minimum absolute atomic E-state index is 0.275. The highest BCUT2D eigenvalue weighted by atomic mass is 35.5. The zero-order valence-electron chi connectivity index (χ0n) is 17.1. The van der Waals surface area contributed by atoms with Gasteiger partial charge in [-0.1, -0.05) is 36.5 Å². The first-order chi connectivity index (χ1) is 15.4. The van der Waals surface area contributed by atoms with Crippen molar-refractivity contribution >= 4 is 40.1 Å². The zero-order chi connectivity index (χ0) is 22.7. The van der Waals surface area contributed by atoms with Crippen molar-refractivity contribution in [1.29, 1.82) is 0 Å². The van der Waals surface area contributed by atoms with Crippen LogP contribution in [0.3, 0.4) is 0 Å². The van der Waals surface area contributed by atoms with E-state index in [0.717, 1.165) is 29.5 Å². The van der Waals surface area contributed by atoms with Crippen LogP contribution in [0.1, 0.15) is 19.0 Å². The third-order valence-electron chi connectivity index (χ3n) is 4.69. The zero-order valence-corrected chi connectivity index (χ0v) is 18.6. The molecule has 2 N–H and O–H groups in total. The van der Waals surface area contributed by atoms with E-state index in [2.05, 4.69) is 17.1 Å². The molecule has 0 saturated carbocycles. The molecule has 0 bridgehead atoms. The molecule has 2 aromatic carbocycles. The third-order valence-corrected chi connectivity index (χ3v) is 5.24. The van der Waals surface area contributed by atoms with Crippen molar-refractivity contribution in [3.63, 3.8) is 0 Å². The average Bonchev–Trinajstić information content (AvgIpc) is 3.16. The van der Waals surface area contributed by atoms with Gasteiger partial charge >= 0.3 is 5.97 Å². The summed E-state index contributed by atoms with van der Waals surface area (Å²) in [6.45, 7) is 1.58. The lowest BCUT2D eigenvalue weighted by molar-refractivity contribution is -0.139. The van der Waals surface area contributed by atoms with Crippen LogP contribution in [0.25, 0.3) is 22.2 Å². The summed E-state index contributed by atoms with van der Waals surface area (Å²) in [5.74, 6) is 0.293. The summed E-state index contributed by atoms with van der Waals surface area (Å²) in [6.07, 6.45) is 1.60. The van der Waals surface area contributed by atoms with Gasteiger partial charge in [-0.2, -0.15) is 5.10 Å². The molecule has 0 amide bonds. The Kier molecular flexibility index (Phi) is 6.48. The van der Waals surface area contributed by atoms with E-state index < -0.39 is 12.6 Å². The van der Waals surface area contributed by atoms with Crippen molar-refractivity contribution in [2.75, 3.05) is 6.61 Å². The van der Waals surface area contributed by atoms with E-state index in [1.54, 1.807) is 42.5 Å². The number of hydrogen-bond acceptors (Lipinski definition) is 5. The molecule has 0 aliphatic carbocycles. The number of carboxylic acid groups (broad SMARTS) is 1. The van der Waals surface area contributed by atoms with E-state index in [9.17, 15) is 4.79 Å². The summed E-state index contributed by atoms with van der Waals surface area (Å²) in [4.78, 5) is 15.6. The SMILES string of the molecule is CCCc1nc(Oc2ccc(Cl)cc2)ccc1-c1n[nH]c2cc(Cl)c(OCC(=O)O)cc12. The van der Waals surface area contributed by atoms with Crippen molar-refractivity contribution < 1.29 is 19.4 Å². The minimum Gasteiger partial charge on any atom is -0.480 e. The summed E-state index contributed by atoms with van der Waals surface area (Å²) in [7, 11) is 0. The summed E-state index contributed by atoms with van der Waals surface area (Å²) in [5, 5.41) is 18.0. The lowest BCUT2D eigenvalue weighted by atomic mass is 10.0. The first-order valence-corrected chi connectivity index (χ1v) is 10.7. The molecule has 0 aliphatic heterocycles. The molecule has 0 aliphatic rings. The monoisotopic (exact) mass is 471 g/mol. The predicted octanol–water partition coefficient (Wildman–Crippen LogP) is 6.14. The van der Waals surface area contributed by atoms with Crippen molar-refractivity contribution in [2.45, 2.75) is 19.8 Å². The van der Waals surface area contributed by atoms with Gasteiger partial charge in [-0.25, -0.2) is 9.78 Å². The van der Waals surface area contributed by atoms with Crippen LogP contribution in [0.15, 0.2) is 48.5 Å². The van der Waals surface area contributed by atoms with Gasteiger partial charge in [0, 0.05) is 22.0 Å². The van der Waals surface area contributed by atoms with Gasteiger partial charge in [-0.05, 0) is 48.9 Å². The normalized spacial score (nSPS) is 11.0. The molecule has 2 heterocycles. The summed E-state index contributed by atoms with van der Waals surface area (Å²) in [6, 6.07) is 14.1. The lowest BCUT2D eigenvalue weighted by Gasteiger charge is -2.11. The van der Waals surface area contributed by atoms with Crippen molar-refractivity contribution in [1.82, 2.24) is 15.2 Å². The van der Waals surface area contributed by atoms with Crippen LogP contribution in [0.5, 0.6) is 17.4 Å². The average molecular weight is 472 g/mol. The molecule has 2 aromatic heterocycles. The number of nitrogens with one attached hydrogen (secondary N) is 1. The molecule has 0 unspecified atom stereocenters. The third kappa shape index (κ3) is 4.79. The number of aromatic amines is 1. The van der Waals surface area contributed by atoms with Crippen LogP contribution in [0.4, 0.5) is 0 Å². The number of nitrogens with zero attached hydrogens (tertiary/aromatic N) is 2. The van der Waals surface area contributed by atoms with Crippen LogP contribution >= 0.6 is 23.2 Å². The number of pyridine rings is 1. The van der Waals surface area contributed by atoms with E-state index in [1.807, 2.05) is 6.07 Å². The van der Waals surface area contributed by atoms with E-state index in [-0.39, 0.29) is 5.75 Å². The Morgan fingerprint density at radius 1 is 1.12 bits per heavy atom. The highest BCUT2D eigenvalue weighted by molar-refractivity contribution is 6.33. The number of ether oxygens (including phenoxy) is 2. The fourth-order valence-electron chi connectivity index (χ4n) is 3.28. The van der Waals surface area contributed by atoms with E-state index >= 15 is 0 Å². The molecule has 0 atom stereocenters. The molecule has 0 spiro atoms. The predicted molar refractivity (Wildman–Crippen MR) is 123 cm³/mol. The van der Waals surface area contributed by atoms with E-state index in [0.29, 0.717) is 32.9 Å². The van der Waals surface area contributed by atoms with Crippen LogP contribution in [0, 0.1) is 0 Å². The van der Waals surface area contributed by atoms with Crippen LogP contribution in [-0.4, -0.2) is 32.9 Å². The number of halogens is 2. The van der Waals surface area contributed by atoms with E-state index in [4.69, 9.17) is 42.8 Å². The fourth-order valence-corrected chi connectivity index (χ4v) is 3.62. The van der Waals surface area contributed by atoms with E-state index in [1.165, 1.54) is 0 Å². The lowest BCUT2D eigenvalue weighted by Crippen LogP contribution is -2.09. The number of aliphatic carboxylic acids is 1. The smallest absolute Gasteiger partial charge is 0.341 e. The molecule has 4 aromatic rings. The number of rotatable bonds is 8. The largest absolute Gasteiger partial charge is 0.480 e. The van der Waals surface area contributed by atoms with Crippen LogP contribution in [-0.2, 0) is 11.2 Å². The van der Waals surface area contributed by atoms with Gasteiger partial charge in [0.25, 0.3) is 0 Å². The second kappa shape index (κ2) is 9.46. The maximum atomic E-state index is 10.9. The molecule has 0 fully saturated rings. The number of hydrogen-bond donors (Lipinski definition) is 2. The van der Waals surface area contributed by atoms with Gasteiger partial charge in [0.05, 0.1) is 16.2 Å². The molecular formula is C23H19Cl2N3O4. The first kappa shape index (κ1) is 21.9. The highest BCUT2D eigenvalue weighted by Crippen LogP contribution is 2.36. The molecule has 9 heteroatoms. The Balaban J connectivity index is 1.72. The number of benzene rings is 2. The molecule has 7 nitrogen and oxygen atoms in total. The number of H-pyrrole nitrogens is 1. The summed E-state index contributed by atoms with van der Waals surface area (Å²) in [5.41, 5.74) is 3.05. The number of carboxylic acids is 1. The van der Waals surface area contributed by atoms with Gasteiger partial charge in [-0.3, -0.25) is 5.10 Å². The van der Waals surface area contributed by atoms with Gasteiger partial charge < -0.3 is 14.6 Å². The quantitative estimate of drug-likeness (QED) is 0.320. The molecule has 4 rings (SSSR count). The molecule has 164 valence electrons. The van der Waals surface area contributed by atoms with Crippen molar-refractivity contribution in [3.05, 3.63) is 64.3 Å². The molecule has 32 heavy (non-hydrogen) atoms. The Morgan fingerprint density at radius 3 is 2.62 bits per heavy atom. The molecule has 0 saturated heterocycles. The summed E-state index contributed by atoms with van der Waals surface area (Å²) < 4.78 is 11.2. The standard InChI is InChI=1S/C23H19Cl2N3O4/c1-2-3-18-15(8-9-21(26-18)32-14-6-4-13(24)5-7-14)23-16-10-20(31-12-22(29)30)17(25)11-19(16)27-28-23/h4-11H,2-3,12H2,1H3,(H,27,28)(H,29,30). The van der Waals surface area contributed by atoms with Crippen molar-refractivity contribution in [2.24, 2.45) is 0 Å². The number of fused-ring (bicyclic) bond motifs is 1. The highest BCUT2D eigenvalue weighted by Gasteiger charge is 2.17. The van der Waals surface area contributed by atoms with Gasteiger partial charge in [0.1, 0.15) is 17.2 Å². The molecule has 0 radical (unpaired) electrons. The Morgan fingerprint density at radius 2 is 1.91 bits per heavy atom. The first-order valence-electron chi connectivity index (χ1n) is 9.90. The van der Waals surface area contributed by atoms with Gasteiger partial charge in [0.15, 0.2) is 6.61 Å². The topological polar surface area (TPSA) is 97.3 Å². The Hall–Kier alpha value is -3.29. The second-order valence-electron chi connectivity index (χ2n) is 7.03. The fraction of sp³-hybridized carbons (Fsp3) is 0.174. The Bertz CT molecular complexity index is 1270. The number of aryl methyl sites for hydroxylation is 1. The number of carbonyl (C=O) groups is 1. The van der Waals surface area contributed by atoms with Gasteiger partial charge in [0.2, 0.25) is 5.88 Å². The summed E-state index contributed by atoms with van der Waals surface area (Å²) >= 11 is 12.2. The Labute approximate surface area is 193 Å².